The van der Waals surface area contributed by atoms with Gasteiger partial charge in [-0.2, -0.15) is 0 Å². The zero-order chi connectivity index (χ0) is 24.1. The molecule has 3 aromatic carbocycles. The van der Waals surface area contributed by atoms with Crippen LogP contribution in [0.25, 0.3) is 0 Å². The number of benzene rings is 3. The molecule has 3 aromatic rings. The van der Waals surface area contributed by atoms with E-state index in [1.165, 1.54) is 0 Å². The maximum Gasteiger partial charge on any atom is 0.265 e. The highest BCUT2D eigenvalue weighted by Gasteiger charge is 2.42. The van der Waals surface area contributed by atoms with Gasteiger partial charge in [-0.15, -0.1) is 0 Å². The zero-order valence-corrected chi connectivity index (χ0v) is 15.4. The van der Waals surface area contributed by atoms with Gasteiger partial charge in [0, 0.05) is 34.6 Å². The molecule has 0 N–H and O–H groups in total. The summed E-state index contributed by atoms with van der Waals surface area (Å²) in [5.41, 5.74) is -5.37. The molecule has 32 heavy (non-hydrogen) atoms. The van der Waals surface area contributed by atoms with Crippen LogP contribution in [-0.2, 0) is 0 Å². The number of hydrogen-bond donors (Lipinski definition) is 0. The molecule has 1 nitrogen and oxygen atoms in total. The molecule has 0 aromatic heterocycles. The summed E-state index contributed by atoms with van der Waals surface area (Å²) in [6.07, 6.45) is 0. The van der Waals surface area contributed by atoms with Crippen LogP contribution in [0, 0.1) is 64.0 Å². The van der Waals surface area contributed by atoms with Crippen LogP contribution in [0.1, 0.15) is 0 Å². The Hall–Kier alpha value is -3.25. The van der Waals surface area contributed by atoms with E-state index in [0.717, 1.165) is 0 Å². The Bertz CT molecular complexity index is 1180. The molecule has 168 valence electrons. The van der Waals surface area contributed by atoms with Crippen molar-refractivity contribution in [3.05, 3.63) is 82.2 Å². The maximum absolute atomic E-state index is 14.7. The Kier molecular flexibility index (Phi) is 6.12. The fraction of sp³-hybridized carbons (Fsp3) is 0.0526. The normalized spacial score (nSPS) is 11.1. The number of ether oxygens (including phenoxy) is 1. The number of methoxy groups -OCH3 is 1. The summed E-state index contributed by atoms with van der Waals surface area (Å²) in [6, 6.07) is -0.711. The van der Waals surface area contributed by atoms with Crippen molar-refractivity contribution in [2.75, 3.05) is 7.11 Å². The van der Waals surface area contributed by atoms with E-state index < -0.39 is 92.8 Å². The van der Waals surface area contributed by atoms with Crippen LogP contribution >= 0.6 is 0 Å². The number of halogens is 11. The van der Waals surface area contributed by atoms with Gasteiger partial charge in [-0.1, -0.05) is 0 Å². The second-order valence-corrected chi connectivity index (χ2v) is 6.30. The van der Waals surface area contributed by atoms with Gasteiger partial charge in [-0.25, -0.2) is 48.3 Å². The third-order valence-corrected chi connectivity index (χ3v) is 4.53. The molecule has 0 aliphatic heterocycles. The molecule has 0 aliphatic carbocycles. The molecule has 0 unspecified atom stereocenters. The monoisotopic (exact) mass is 470 g/mol. The maximum atomic E-state index is 14.7. The minimum atomic E-state index is -3.04. The van der Waals surface area contributed by atoms with Crippen LogP contribution < -0.4 is 21.1 Å². The van der Waals surface area contributed by atoms with E-state index in [2.05, 4.69) is 4.74 Å². The van der Waals surface area contributed by atoms with Crippen molar-refractivity contribution in [3.8, 4) is 5.75 Å². The quantitative estimate of drug-likeness (QED) is 0.245. The summed E-state index contributed by atoms with van der Waals surface area (Å²) in [6.45, 7) is -3.04. The molecule has 0 aliphatic rings. The molecule has 13 heteroatoms. The molecule has 0 bridgehead atoms. The topological polar surface area (TPSA) is 9.23 Å². The van der Waals surface area contributed by atoms with Crippen LogP contribution in [0.4, 0.5) is 48.3 Å². The van der Waals surface area contributed by atoms with Crippen molar-refractivity contribution >= 4 is 23.1 Å². The highest BCUT2D eigenvalue weighted by Crippen LogP contribution is 2.23. The van der Waals surface area contributed by atoms with Crippen molar-refractivity contribution in [1.82, 2.24) is 0 Å². The van der Waals surface area contributed by atoms with E-state index >= 15 is 0 Å². The number of hydrogen-bond acceptors (Lipinski definition) is 1. The average Bonchev–Trinajstić information content (AvgIpc) is 2.72. The Morgan fingerprint density at radius 2 is 0.844 bits per heavy atom. The van der Waals surface area contributed by atoms with Gasteiger partial charge < -0.3 is 4.74 Å². The molecule has 0 heterocycles. The molecular formula is C19H6BF11O. The summed E-state index contributed by atoms with van der Waals surface area (Å²) in [4.78, 5) is 0. The predicted octanol–water partition coefficient (Wildman–Crippen LogP) is 3.74. The Morgan fingerprint density at radius 3 is 1.25 bits per heavy atom. The summed E-state index contributed by atoms with van der Waals surface area (Å²) in [5, 5.41) is 0. The third-order valence-electron chi connectivity index (χ3n) is 4.53. The Morgan fingerprint density at radius 1 is 0.469 bits per heavy atom. The minimum absolute atomic E-state index is 0.0926. The van der Waals surface area contributed by atoms with Crippen molar-refractivity contribution < 1.29 is 53.0 Å². The lowest BCUT2D eigenvalue weighted by Crippen LogP contribution is -2.59. The van der Waals surface area contributed by atoms with E-state index in [1.807, 2.05) is 0 Å². The van der Waals surface area contributed by atoms with Crippen molar-refractivity contribution in [2.45, 2.75) is 0 Å². The van der Waals surface area contributed by atoms with Crippen LogP contribution in [0.2, 0.25) is 0 Å². The third kappa shape index (κ3) is 3.54. The predicted molar refractivity (Wildman–Crippen MR) is 90.1 cm³/mol. The molecule has 0 spiro atoms. The molecular weight excluding hydrogens is 464 g/mol. The van der Waals surface area contributed by atoms with Gasteiger partial charge >= 0.3 is 0 Å². The van der Waals surface area contributed by atoms with Gasteiger partial charge in [0.1, 0.15) is 11.6 Å². The fourth-order valence-corrected chi connectivity index (χ4v) is 3.19. The summed E-state index contributed by atoms with van der Waals surface area (Å²) < 4.78 is 160. The standard InChI is InChI=1S/C19H6BF11O/c1-32-19-10(26)4-7(23)14(27)13(19)20(11-5(21)2-8(24)15(28)17(11)30)12-6(22)3-9(25)16(29)18(12)31/h2-4H,1H3. The summed E-state index contributed by atoms with van der Waals surface area (Å²) in [5.74, 6) is -25.5. The largest absolute Gasteiger partial charge is 0.494 e. The highest BCUT2D eigenvalue weighted by atomic mass is 19.2. The number of rotatable bonds is 4. The Labute approximate surface area is 172 Å². The van der Waals surface area contributed by atoms with Crippen LogP contribution in [0.3, 0.4) is 0 Å². The first-order chi connectivity index (χ1) is 14.9. The first-order valence-corrected chi connectivity index (χ1v) is 8.29. The molecule has 0 fully saturated rings. The Balaban J connectivity index is 2.60. The van der Waals surface area contributed by atoms with E-state index in [-0.39, 0.29) is 18.2 Å². The van der Waals surface area contributed by atoms with E-state index in [4.69, 9.17) is 0 Å². The molecule has 3 rings (SSSR count). The van der Waals surface area contributed by atoms with Gasteiger partial charge in [0.25, 0.3) is 6.71 Å². The average molecular weight is 470 g/mol. The van der Waals surface area contributed by atoms with E-state index in [1.54, 1.807) is 0 Å². The first kappa shape index (κ1) is 23.4. The van der Waals surface area contributed by atoms with E-state index in [9.17, 15) is 48.3 Å². The van der Waals surface area contributed by atoms with Crippen molar-refractivity contribution in [3.63, 3.8) is 0 Å². The molecule has 0 amide bonds. The second kappa shape index (κ2) is 8.36. The van der Waals surface area contributed by atoms with Gasteiger partial charge in [0.2, 0.25) is 0 Å². The fourth-order valence-electron chi connectivity index (χ4n) is 3.19. The highest BCUT2D eigenvalue weighted by molar-refractivity contribution is 6.96. The van der Waals surface area contributed by atoms with Crippen LogP contribution in [0.15, 0.2) is 18.2 Å². The first-order valence-electron chi connectivity index (χ1n) is 8.29. The lowest BCUT2D eigenvalue weighted by Gasteiger charge is -2.22. The van der Waals surface area contributed by atoms with Gasteiger partial charge in [-0.05, 0) is 0 Å². The molecule has 0 saturated heterocycles. The van der Waals surface area contributed by atoms with Gasteiger partial charge in [0.05, 0.1) is 7.11 Å². The lowest BCUT2D eigenvalue weighted by atomic mass is 9.35. The van der Waals surface area contributed by atoms with E-state index in [0.29, 0.717) is 7.11 Å². The van der Waals surface area contributed by atoms with Gasteiger partial charge in [0.15, 0.2) is 58.1 Å². The van der Waals surface area contributed by atoms with Gasteiger partial charge in [-0.3, -0.25) is 0 Å². The smallest absolute Gasteiger partial charge is 0.265 e. The van der Waals surface area contributed by atoms with Crippen molar-refractivity contribution in [1.29, 1.82) is 0 Å². The van der Waals surface area contributed by atoms with Crippen molar-refractivity contribution in [2.24, 2.45) is 0 Å². The zero-order valence-electron chi connectivity index (χ0n) is 15.4. The summed E-state index contributed by atoms with van der Waals surface area (Å²) >= 11 is 0. The lowest BCUT2D eigenvalue weighted by molar-refractivity contribution is 0.381. The van der Waals surface area contributed by atoms with Crippen LogP contribution in [0.5, 0.6) is 5.75 Å². The molecule has 0 saturated carbocycles. The SMILES string of the molecule is COc1c(F)cc(F)c(F)c1B(c1c(F)cc(F)c(F)c1F)c1c(F)cc(F)c(F)c1F. The summed E-state index contributed by atoms with van der Waals surface area (Å²) in [7, 11) is 0.645. The van der Waals surface area contributed by atoms with Crippen LogP contribution in [-0.4, -0.2) is 13.8 Å². The molecule has 0 radical (unpaired) electrons. The second-order valence-electron chi connectivity index (χ2n) is 6.30. The minimum Gasteiger partial charge on any atom is -0.494 e. The molecule has 0 atom stereocenters.